The van der Waals surface area contributed by atoms with E-state index >= 15 is 0 Å². The molecule has 0 aliphatic rings. The minimum atomic E-state index is -4.96. The first-order valence-corrected chi connectivity index (χ1v) is 42.3. The van der Waals surface area contributed by atoms with Crippen LogP contribution in [0.3, 0.4) is 0 Å². The van der Waals surface area contributed by atoms with Gasteiger partial charge in [0.2, 0.25) is 0 Å². The Balaban J connectivity index is 5.23. The number of phosphoric ester groups is 2. The van der Waals surface area contributed by atoms with Crippen molar-refractivity contribution in [2.75, 3.05) is 39.6 Å². The van der Waals surface area contributed by atoms with Crippen molar-refractivity contribution in [3.63, 3.8) is 0 Å². The number of rotatable bonds is 74. The predicted molar refractivity (Wildman–Crippen MR) is 386 cm³/mol. The van der Waals surface area contributed by atoms with Crippen LogP contribution in [0.5, 0.6) is 0 Å². The lowest BCUT2D eigenvalue weighted by Gasteiger charge is -2.21. The summed E-state index contributed by atoms with van der Waals surface area (Å²) in [6, 6.07) is 0. The van der Waals surface area contributed by atoms with Crippen LogP contribution in [0, 0.1) is 17.8 Å². The molecule has 2 unspecified atom stereocenters. The fourth-order valence-corrected chi connectivity index (χ4v) is 13.2. The molecule has 95 heavy (non-hydrogen) atoms. The van der Waals surface area contributed by atoms with E-state index in [4.69, 9.17) is 37.0 Å². The molecule has 0 saturated carbocycles. The van der Waals surface area contributed by atoms with Crippen LogP contribution in [0.1, 0.15) is 389 Å². The van der Waals surface area contributed by atoms with Gasteiger partial charge in [-0.05, 0) is 43.4 Å². The van der Waals surface area contributed by atoms with Crippen LogP contribution < -0.4 is 0 Å². The quantitative estimate of drug-likeness (QED) is 0.0222. The lowest BCUT2D eigenvalue weighted by molar-refractivity contribution is -0.161. The standard InChI is InChI=1S/C76H148O17P2/c1-8-9-10-11-12-13-14-15-16-17-18-22-25-30-35-43-50-57-73(78)86-63-71(92-75(80)59-52-45-36-31-26-23-20-19-21-24-28-33-40-47-54-67(2)3)65-90-94(82,83)88-61-70(77)62-89-95(84,85)91-66-72(64-87-74(79)58-51-44-39-38-42-49-56-69(6)7)93-76(81)60-53-46-37-32-27-29-34-41-48-55-68(4)5/h67-72,77H,8-66H2,1-7H3,(H,82,83)(H,84,85)/t70-,71-,72-/m1/s1. The first-order chi connectivity index (χ1) is 45.7. The van der Waals surface area contributed by atoms with E-state index in [-0.39, 0.29) is 25.7 Å². The van der Waals surface area contributed by atoms with Crippen LogP contribution in [0.4, 0.5) is 0 Å². The highest BCUT2D eigenvalue weighted by Gasteiger charge is 2.30. The van der Waals surface area contributed by atoms with Crippen LogP contribution in [-0.4, -0.2) is 96.7 Å². The normalized spacial score (nSPS) is 14.1. The van der Waals surface area contributed by atoms with Gasteiger partial charge in [0.25, 0.3) is 0 Å². The molecule has 3 N–H and O–H groups in total. The van der Waals surface area contributed by atoms with E-state index in [0.29, 0.717) is 31.6 Å². The third-order valence-electron chi connectivity index (χ3n) is 17.6. The number of hydrogen-bond donors (Lipinski definition) is 3. The smallest absolute Gasteiger partial charge is 0.462 e. The van der Waals surface area contributed by atoms with E-state index in [9.17, 15) is 43.2 Å². The first kappa shape index (κ1) is 93.1. The zero-order valence-corrected chi connectivity index (χ0v) is 63.9. The van der Waals surface area contributed by atoms with Gasteiger partial charge in [-0.1, -0.05) is 337 Å². The number of ether oxygens (including phenoxy) is 4. The molecule has 0 aliphatic carbocycles. The second-order valence-corrected chi connectivity index (χ2v) is 31.7. The van der Waals surface area contributed by atoms with Crippen molar-refractivity contribution in [2.24, 2.45) is 17.8 Å². The molecule has 5 atom stereocenters. The largest absolute Gasteiger partial charge is 0.472 e. The summed E-state index contributed by atoms with van der Waals surface area (Å²) in [5, 5.41) is 10.6. The van der Waals surface area contributed by atoms with Gasteiger partial charge in [0, 0.05) is 25.7 Å². The Morgan fingerprint density at radius 1 is 0.284 bits per heavy atom. The maximum absolute atomic E-state index is 13.1. The molecule has 0 saturated heterocycles. The number of unbranched alkanes of at least 4 members (excludes halogenated alkanes) is 42. The van der Waals surface area contributed by atoms with Gasteiger partial charge in [-0.3, -0.25) is 37.3 Å². The highest BCUT2D eigenvalue weighted by Crippen LogP contribution is 2.45. The van der Waals surface area contributed by atoms with Crippen LogP contribution in [0.25, 0.3) is 0 Å². The van der Waals surface area contributed by atoms with E-state index in [1.807, 2.05) is 0 Å². The summed E-state index contributed by atoms with van der Waals surface area (Å²) in [4.78, 5) is 72.8. The second kappa shape index (κ2) is 66.6. The fourth-order valence-electron chi connectivity index (χ4n) is 11.6. The van der Waals surface area contributed by atoms with Crippen molar-refractivity contribution >= 4 is 39.5 Å². The number of phosphoric acid groups is 2. The Morgan fingerprint density at radius 2 is 0.484 bits per heavy atom. The van der Waals surface area contributed by atoms with Crippen molar-refractivity contribution in [1.29, 1.82) is 0 Å². The Hall–Kier alpha value is -1.94. The molecule has 0 bridgehead atoms. The molecular formula is C76H148O17P2. The van der Waals surface area contributed by atoms with Gasteiger partial charge in [-0.15, -0.1) is 0 Å². The zero-order chi connectivity index (χ0) is 70.1. The van der Waals surface area contributed by atoms with E-state index in [0.717, 1.165) is 108 Å². The fraction of sp³-hybridized carbons (Fsp3) is 0.947. The van der Waals surface area contributed by atoms with Crippen molar-refractivity contribution < 1.29 is 80.2 Å². The van der Waals surface area contributed by atoms with Gasteiger partial charge in [0.05, 0.1) is 26.4 Å². The predicted octanol–water partition coefficient (Wildman–Crippen LogP) is 22.2. The summed E-state index contributed by atoms with van der Waals surface area (Å²) in [5.74, 6) is 0.0907. The summed E-state index contributed by atoms with van der Waals surface area (Å²) >= 11 is 0. The third kappa shape index (κ3) is 70.3. The van der Waals surface area contributed by atoms with E-state index < -0.39 is 97.5 Å². The average Bonchev–Trinajstić information content (AvgIpc) is 2.63. The van der Waals surface area contributed by atoms with Crippen LogP contribution in [0.15, 0.2) is 0 Å². The summed E-state index contributed by atoms with van der Waals surface area (Å²) in [6.07, 6.45) is 52.9. The molecule has 0 radical (unpaired) electrons. The van der Waals surface area contributed by atoms with E-state index in [2.05, 4.69) is 48.5 Å². The average molecular weight is 1400 g/mol. The lowest BCUT2D eigenvalue weighted by Crippen LogP contribution is -2.30. The molecule has 0 aromatic carbocycles. The van der Waals surface area contributed by atoms with E-state index in [1.54, 1.807) is 0 Å². The highest BCUT2D eigenvalue weighted by molar-refractivity contribution is 7.47. The van der Waals surface area contributed by atoms with Gasteiger partial charge >= 0.3 is 39.5 Å². The molecule has 0 aliphatic heterocycles. The van der Waals surface area contributed by atoms with Gasteiger partial charge < -0.3 is 33.8 Å². The molecule has 0 aromatic heterocycles. The monoisotopic (exact) mass is 1400 g/mol. The molecule has 0 rings (SSSR count). The van der Waals surface area contributed by atoms with Gasteiger partial charge in [-0.2, -0.15) is 0 Å². The maximum Gasteiger partial charge on any atom is 0.472 e. The molecule has 0 fully saturated rings. The number of carbonyl (C=O) groups excluding carboxylic acids is 4. The number of carbonyl (C=O) groups is 4. The minimum Gasteiger partial charge on any atom is -0.462 e. The second-order valence-electron chi connectivity index (χ2n) is 28.8. The van der Waals surface area contributed by atoms with Crippen molar-refractivity contribution in [2.45, 2.75) is 407 Å². The molecule has 564 valence electrons. The molecule has 0 heterocycles. The molecular weight excluding hydrogens is 1250 g/mol. The Morgan fingerprint density at radius 3 is 0.716 bits per heavy atom. The third-order valence-corrected chi connectivity index (χ3v) is 19.5. The van der Waals surface area contributed by atoms with Crippen molar-refractivity contribution in [1.82, 2.24) is 0 Å². The number of hydrogen-bond acceptors (Lipinski definition) is 15. The molecule has 0 spiro atoms. The summed E-state index contributed by atoms with van der Waals surface area (Å²) in [6.45, 7) is 11.8. The van der Waals surface area contributed by atoms with Gasteiger partial charge in [0.1, 0.15) is 19.3 Å². The Kier molecular flexibility index (Phi) is 65.2. The minimum absolute atomic E-state index is 0.104. The molecule has 0 aromatic rings. The first-order valence-electron chi connectivity index (χ1n) is 39.3. The molecule has 17 nitrogen and oxygen atoms in total. The van der Waals surface area contributed by atoms with Crippen molar-refractivity contribution in [3.8, 4) is 0 Å². The maximum atomic E-state index is 13.1. The van der Waals surface area contributed by atoms with E-state index in [1.165, 1.54) is 193 Å². The van der Waals surface area contributed by atoms with Gasteiger partial charge in [-0.25, -0.2) is 9.13 Å². The zero-order valence-electron chi connectivity index (χ0n) is 62.1. The molecule has 0 amide bonds. The van der Waals surface area contributed by atoms with Crippen LogP contribution in [0.2, 0.25) is 0 Å². The Labute approximate surface area is 581 Å². The lowest BCUT2D eigenvalue weighted by atomic mass is 10.0. The van der Waals surface area contributed by atoms with Crippen LogP contribution >= 0.6 is 15.6 Å². The summed E-state index contributed by atoms with van der Waals surface area (Å²) in [5.41, 5.74) is 0. The SMILES string of the molecule is CCCCCCCCCCCCCCCCCCCC(=O)OC[C@H](COP(=O)(O)OC[C@@H](O)COP(=O)(O)OC[C@@H](COC(=O)CCCCCCCCC(C)C)OC(=O)CCCCCCCCCCCC(C)C)OC(=O)CCCCCCCCCCCCCCCCC(C)C. The number of esters is 4. The number of aliphatic hydroxyl groups is 1. The number of aliphatic hydroxyl groups excluding tert-OH is 1. The summed E-state index contributed by atoms with van der Waals surface area (Å²) in [7, 11) is -9.91. The molecule has 19 heteroatoms. The Bertz CT molecular complexity index is 1850. The van der Waals surface area contributed by atoms with Gasteiger partial charge in [0.15, 0.2) is 12.2 Å². The topological polar surface area (TPSA) is 237 Å². The highest BCUT2D eigenvalue weighted by atomic mass is 31.2. The van der Waals surface area contributed by atoms with Crippen molar-refractivity contribution in [3.05, 3.63) is 0 Å². The summed E-state index contributed by atoms with van der Waals surface area (Å²) < 4.78 is 68.5. The van der Waals surface area contributed by atoms with Crippen LogP contribution in [-0.2, 0) is 65.4 Å².